The number of halogens is 1. The molecule has 0 spiro atoms. The number of nitrogens with one attached hydrogen (secondary N) is 1. The fourth-order valence-corrected chi connectivity index (χ4v) is 2.62. The van der Waals surface area contributed by atoms with Gasteiger partial charge in [0.25, 0.3) is 0 Å². The first-order valence-electron chi connectivity index (χ1n) is 7.18. The number of carbonyl (C=O) groups is 1. The van der Waals surface area contributed by atoms with Crippen molar-refractivity contribution in [3.05, 3.63) is 69.0 Å². The van der Waals surface area contributed by atoms with Gasteiger partial charge in [-0.05, 0) is 36.4 Å². The van der Waals surface area contributed by atoms with Gasteiger partial charge in [-0.2, -0.15) is 0 Å². The van der Waals surface area contributed by atoms with Gasteiger partial charge in [0.2, 0.25) is 5.56 Å². The molecule has 0 aliphatic carbocycles. The van der Waals surface area contributed by atoms with Crippen LogP contribution in [-0.2, 0) is 6.61 Å². The maximum absolute atomic E-state index is 11.8. The van der Waals surface area contributed by atoms with Crippen LogP contribution in [0.25, 0.3) is 10.9 Å². The van der Waals surface area contributed by atoms with E-state index in [9.17, 15) is 9.59 Å². The first-order valence-corrected chi connectivity index (χ1v) is 7.56. The largest absolute Gasteiger partial charge is 0.493 e. The number of carbonyl (C=O) groups excluding carboxylic acids is 1. The number of H-pyrrole nitrogens is 1. The summed E-state index contributed by atoms with van der Waals surface area (Å²) in [6.45, 7) is 0.164. The van der Waals surface area contributed by atoms with Gasteiger partial charge in [-0.15, -0.1) is 0 Å². The van der Waals surface area contributed by atoms with Crippen LogP contribution in [0.1, 0.15) is 15.9 Å². The highest BCUT2D eigenvalue weighted by molar-refractivity contribution is 6.31. The molecule has 0 bridgehead atoms. The molecule has 1 heterocycles. The average Bonchev–Trinajstić information content (AvgIpc) is 2.59. The van der Waals surface area contributed by atoms with Crippen molar-refractivity contribution in [3.8, 4) is 11.5 Å². The molecule has 3 rings (SSSR count). The van der Waals surface area contributed by atoms with Crippen LogP contribution in [0.15, 0.2) is 47.3 Å². The molecule has 0 unspecified atom stereocenters. The van der Waals surface area contributed by atoms with Gasteiger partial charge in [0.05, 0.1) is 7.11 Å². The van der Waals surface area contributed by atoms with Crippen LogP contribution >= 0.6 is 11.6 Å². The molecule has 5 nitrogen and oxygen atoms in total. The van der Waals surface area contributed by atoms with E-state index in [1.54, 1.807) is 36.4 Å². The first-order chi connectivity index (χ1) is 11.6. The third kappa shape index (κ3) is 3.26. The molecule has 0 aliphatic rings. The van der Waals surface area contributed by atoms with Crippen molar-refractivity contribution in [1.82, 2.24) is 4.98 Å². The van der Waals surface area contributed by atoms with Crippen molar-refractivity contribution in [2.75, 3.05) is 7.11 Å². The maximum Gasteiger partial charge on any atom is 0.248 e. The van der Waals surface area contributed by atoms with Crippen molar-refractivity contribution >= 4 is 28.8 Å². The molecule has 0 fully saturated rings. The van der Waals surface area contributed by atoms with Gasteiger partial charge in [-0.1, -0.05) is 11.6 Å². The van der Waals surface area contributed by atoms with Crippen LogP contribution in [0.5, 0.6) is 11.5 Å². The second-order valence-corrected chi connectivity index (χ2v) is 5.60. The molecule has 0 saturated carbocycles. The summed E-state index contributed by atoms with van der Waals surface area (Å²) in [7, 11) is 1.50. The number of pyridine rings is 1. The number of methoxy groups -OCH3 is 1. The van der Waals surface area contributed by atoms with E-state index in [2.05, 4.69) is 4.98 Å². The van der Waals surface area contributed by atoms with Crippen molar-refractivity contribution < 1.29 is 14.3 Å². The Bertz CT molecular complexity index is 965. The minimum atomic E-state index is -0.216. The number of hydrogen-bond donors (Lipinski definition) is 1. The van der Waals surface area contributed by atoms with E-state index in [1.165, 1.54) is 13.2 Å². The Balaban J connectivity index is 1.95. The van der Waals surface area contributed by atoms with Crippen LogP contribution in [0.4, 0.5) is 0 Å². The molecule has 0 saturated heterocycles. The zero-order chi connectivity index (χ0) is 17.1. The van der Waals surface area contributed by atoms with Crippen LogP contribution in [-0.4, -0.2) is 18.4 Å². The van der Waals surface area contributed by atoms with Crippen molar-refractivity contribution in [2.24, 2.45) is 0 Å². The number of hydrogen-bond acceptors (Lipinski definition) is 4. The predicted octanol–water partition coefficient (Wildman–Crippen LogP) is 3.58. The predicted molar refractivity (Wildman–Crippen MR) is 92.3 cm³/mol. The smallest absolute Gasteiger partial charge is 0.248 e. The van der Waals surface area contributed by atoms with Gasteiger partial charge in [0.15, 0.2) is 11.5 Å². The fraction of sp³-hybridized carbons (Fsp3) is 0.111. The third-order valence-electron chi connectivity index (χ3n) is 3.60. The van der Waals surface area contributed by atoms with E-state index < -0.39 is 0 Å². The highest BCUT2D eigenvalue weighted by Gasteiger charge is 2.09. The van der Waals surface area contributed by atoms with E-state index >= 15 is 0 Å². The number of ether oxygens (including phenoxy) is 2. The third-order valence-corrected chi connectivity index (χ3v) is 3.83. The van der Waals surface area contributed by atoms with Gasteiger partial charge in [0, 0.05) is 33.1 Å². The maximum atomic E-state index is 11.8. The van der Waals surface area contributed by atoms with E-state index in [4.69, 9.17) is 21.1 Å². The Morgan fingerprint density at radius 3 is 2.71 bits per heavy atom. The number of aromatic amines is 1. The van der Waals surface area contributed by atoms with Crippen molar-refractivity contribution in [1.29, 1.82) is 0 Å². The van der Waals surface area contributed by atoms with Gasteiger partial charge in [-0.3, -0.25) is 9.59 Å². The zero-order valence-corrected chi connectivity index (χ0v) is 13.6. The van der Waals surface area contributed by atoms with E-state index in [1.807, 2.05) is 0 Å². The molecule has 1 N–H and O–H groups in total. The van der Waals surface area contributed by atoms with E-state index in [-0.39, 0.29) is 12.2 Å². The van der Waals surface area contributed by atoms with Crippen LogP contribution in [0, 0.1) is 0 Å². The second kappa shape index (κ2) is 6.76. The Labute approximate surface area is 142 Å². The zero-order valence-electron chi connectivity index (χ0n) is 12.8. The summed E-state index contributed by atoms with van der Waals surface area (Å²) in [5.41, 5.74) is 1.67. The summed E-state index contributed by atoms with van der Waals surface area (Å²) in [6, 6.07) is 11.6. The number of fused-ring (bicyclic) bond motifs is 1. The van der Waals surface area contributed by atoms with Crippen LogP contribution < -0.4 is 15.0 Å². The molecule has 6 heteroatoms. The lowest BCUT2D eigenvalue weighted by Crippen LogP contribution is -2.08. The van der Waals surface area contributed by atoms with Gasteiger partial charge in [-0.25, -0.2) is 0 Å². The standard InChI is InChI=1S/C18H14ClNO4/c1-23-17-6-11(9-21)2-5-16(17)24-10-12-7-18(22)20-15-4-3-13(19)8-14(12)15/h2-9H,10H2,1H3,(H,20,22). The number of rotatable bonds is 5. The summed E-state index contributed by atoms with van der Waals surface area (Å²) in [5, 5.41) is 1.38. The number of aromatic nitrogens is 1. The lowest BCUT2D eigenvalue weighted by molar-refractivity contribution is 0.112. The van der Waals surface area contributed by atoms with Crippen molar-refractivity contribution in [2.45, 2.75) is 6.61 Å². The van der Waals surface area contributed by atoms with Crippen LogP contribution in [0.3, 0.4) is 0 Å². The molecule has 1 aromatic heterocycles. The molecule has 0 radical (unpaired) electrons. The molecule has 0 aliphatic heterocycles. The minimum absolute atomic E-state index is 0.164. The molecule has 3 aromatic rings. The fourth-order valence-electron chi connectivity index (χ4n) is 2.45. The van der Waals surface area contributed by atoms with E-state index in [0.29, 0.717) is 33.2 Å². The van der Waals surface area contributed by atoms with Gasteiger partial charge >= 0.3 is 0 Å². The topological polar surface area (TPSA) is 68.4 Å². The SMILES string of the molecule is COc1cc(C=O)ccc1OCc1cc(=O)[nH]c2ccc(Cl)cc12. The van der Waals surface area contributed by atoms with Gasteiger partial charge in [0.1, 0.15) is 12.9 Å². The van der Waals surface area contributed by atoms with Gasteiger partial charge < -0.3 is 14.5 Å². The number of benzene rings is 2. The lowest BCUT2D eigenvalue weighted by Gasteiger charge is -2.12. The Hall–Kier alpha value is -2.79. The summed E-state index contributed by atoms with van der Waals surface area (Å²) < 4.78 is 11.0. The molecule has 0 amide bonds. The molecule has 0 atom stereocenters. The Morgan fingerprint density at radius 1 is 1.12 bits per heavy atom. The molecule has 24 heavy (non-hydrogen) atoms. The summed E-state index contributed by atoms with van der Waals surface area (Å²) >= 11 is 6.04. The summed E-state index contributed by atoms with van der Waals surface area (Å²) in [5.74, 6) is 0.935. The monoisotopic (exact) mass is 343 g/mol. The minimum Gasteiger partial charge on any atom is -0.493 e. The Morgan fingerprint density at radius 2 is 1.96 bits per heavy atom. The summed E-state index contributed by atoms with van der Waals surface area (Å²) in [6.07, 6.45) is 0.735. The Kier molecular flexibility index (Phi) is 4.53. The highest BCUT2D eigenvalue weighted by atomic mass is 35.5. The average molecular weight is 344 g/mol. The molecule has 122 valence electrons. The lowest BCUT2D eigenvalue weighted by atomic mass is 10.1. The molecular weight excluding hydrogens is 330 g/mol. The molecular formula is C18H14ClNO4. The number of aldehydes is 1. The molecule has 2 aromatic carbocycles. The van der Waals surface area contributed by atoms with E-state index in [0.717, 1.165) is 11.7 Å². The quantitative estimate of drug-likeness (QED) is 0.719. The highest BCUT2D eigenvalue weighted by Crippen LogP contribution is 2.29. The van der Waals surface area contributed by atoms with Crippen molar-refractivity contribution in [3.63, 3.8) is 0 Å². The summed E-state index contributed by atoms with van der Waals surface area (Å²) in [4.78, 5) is 25.4. The normalized spacial score (nSPS) is 10.6. The second-order valence-electron chi connectivity index (χ2n) is 5.17. The van der Waals surface area contributed by atoms with Crippen LogP contribution in [0.2, 0.25) is 5.02 Å². The first kappa shape index (κ1) is 16.1.